The zero-order chi connectivity index (χ0) is 21.9. The van der Waals surface area contributed by atoms with Crippen LogP contribution in [0.2, 0.25) is 5.15 Å². The Balaban J connectivity index is 1.11. The van der Waals surface area contributed by atoms with E-state index >= 15 is 0 Å². The number of aromatic nitrogens is 4. The molecule has 8 heteroatoms. The van der Waals surface area contributed by atoms with Gasteiger partial charge in [-0.2, -0.15) is 9.97 Å². The second-order valence-corrected chi connectivity index (χ2v) is 10.4. The van der Waals surface area contributed by atoms with E-state index in [9.17, 15) is 4.79 Å². The number of nitrogens with zero attached hydrogens (tertiary/aromatic N) is 4. The first-order valence-corrected chi connectivity index (χ1v) is 11.9. The molecule has 4 fully saturated rings. The molecule has 0 radical (unpaired) electrons. The fourth-order valence-electron chi connectivity index (χ4n) is 6.94. The molecule has 0 unspecified atom stereocenters. The zero-order valence-corrected chi connectivity index (χ0v) is 18.7. The monoisotopic (exact) mass is 450 g/mol. The van der Waals surface area contributed by atoms with Gasteiger partial charge in [-0.3, -0.25) is 4.79 Å². The van der Waals surface area contributed by atoms with Gasteiger partial charge >= 0.3 is 0 Å². The molecule has 1 amide bonds. The highest BCUT2D eigenvalue weighted by Gasteiger charge is 2.51. The third-order valence-electron chi connectivity index (χ3n) is 7.85. The van der Waals surface area contributed by atoms with Crippen molar-refractivity contribution in [2.75, 3.05) is 11.1 Å². The third kappa shape index (κ3) is 3.43. The molecule has 1 aromatic carbocycles. The van der Waals surface area contributed by atoms with E-state index in [1.165, 1.54) is 44.1 Å². The first-order chi connectivity index (χ1) is 15.5. The van der Waals surface area contributed by atoms with Gasteiger partial charge in [0.05, 0.1) is 6.33 Å². The highest BCUT2D eigenvalue weighted by Crippen LogP contribution is 2.60. The molecule has 7 rings (SSSR count). The van der Waals surface area contributed by atoms with Gasteiger partial charge in [-0.1, -0.05) is 23.7 Å². The molecular formula is C24H27ClN6O. The minimum atomic E-state index is -0.0538. The molecule has 0 spiro atoms. The maximum atomic E-state index is 12.6. The van der Waals surface area contributed by atoms with E-state index in [0.29, 0.717) is 29.5 Å². The van der Waals surface area contributed by atoms with Crippen LogP contribution in [0.25, 0.3) is 11.2 Å². The lowest BCUT2D eigenvalue weighted by Gasteiger charge is -2.57. The van der Waals surface area contributed by atoms with Crippen LogP contribution in [0.1, 0.15) is 50.5 Å². The van der Waals surface area contributed by atoms with Gasteiger partial charge in [0.2, 0.25) is 11.9 Å². The SMILES string of the molecule is Nc1nc(Cl)c2c(ncn2CCC(=O)Nc2ccc(C34CC5CC(CC(C5)C3)C4)cc2)n1. The van der Waals surface area contributed by atoms with Crippen LogP contribution in [-0.2, 0) is 16.8 Å². The summed E-state index contributed by atoms with van der Waals surface area (Å²) in [6, 6.07) is 8.61. The fraction of sp³-hybridized carbons (Fsp3) is 0.500. The summed E-state index contributed by atoms with van der Waals surface area (Å²) in [5.41, 5.74) is 9.33. The number of carbonyl (C=O) groups excluding carboxylic acids is 1. The lowest BCUT2D eigenvalue weighted by atomic mass is 9.48. The number of fused-ring (bicyclic) bond motifs is 1. The number of halogens is 1. The summed E-state index contributed by atoms with van der Waals surface area (Å²) in [5, 5.41) is 3.26. The van der Waals surface area contributed by atoms with E-state index in [1.54, 1.807) is 10.9 Å². The number of hydrogen-bond acceptors (Lipinski definition) is 5. The van der Waals surface area contributed by atoms with Crippen LogP contribution in [0, 0.1) is 17.8 Å². The topological polar surface area (TPSA) is 98.7 Å². The summed E-state index contributed by atoms with van der Waals surface area (Å²) in [6.07, 6.45) is 10.3. The third-order valence-corrected chi connectivity index (χ3v) is 8.11. The Morgan fingerprint density at radius 2 is 1.75 bits per heavy atom. The molecule has 0 saturated heterocycles. The second kappa shape index (κ2) is 7.44. The van der Waals surface area contributed by atoms with Crippen molar-refractivity contribution in [1.29, 1.82) is 0 Å². The van der Waals surface area contributed by atoms with E-state index in [2.05, 4.69) is 44.5 Å². The molecule has 2 heterocycles. The van der Waals surface area contributed by atoms with Crippen LogP contribution >= 0.6 is 11.6 Å². The highest BCUT2D eigenvalue weighted by molar-refractivity contribution is 6.33. The Morgan fingerprint density at radius 3 is 2.41 bits per heavy atom. The minimum absolute atomic E-state index is 0.0538. The van der Waals surface area contributed by atoms with Crippen molar-refractivity contribution in [3.63, 3.8) is 0 Å². The molecule has 3 N–H and O–H groups in total. The number of hydrogen-bond donors (Lipinski definition) is 2. The van der Waals surface area contributed by atoms with Gasteiger partial charge < -0.3 is 15.6 Å². The number of benzene rings is 1. The minimum Gasteiger partial charge on any atom is -0.368 e. The van der Waals surface area contributed by atoms with Crippen LogP contribution in [0.5, 0.6) is 0 Å². The normalized spacial score (nSPS) is 28.3. The molecule has 3 aromatic rings. The van der Waals surface area contributed by atoms with Crippen molar-refractivity contribution in [3.05, 3.63) is 41.3 Å². The number of nitrogens with two attached hydrogens (primary N) is 1. The number of nitrogen functional groups attached to an aromatic ring is 1. The molecule has 4 bridgehead atoms. The first kappa shape index (κ1) is 20.0. The van der Waals surface area contributed by atoms with E-state index < -0.39 is 0 Å². The molecular weight excluding hydrogens is 424 g/mol. The zero-order valence-electron chi connectivity index (χ0n) is 17.9. The predicted octanol–water partition coefficient (Wildman–Crippen LogP) is 4.56. The lowest BCUT2D eigenvalue weighted by molar-refractivity contribution is -0.116. The average molecular weight is 451 g/mol. The molecule has 4 saturated carbocycles. The number of anilines is 2. The van der Waals surface area contributed by atoms with Gasteiger partial charge in [0.1, 0.15) is 5.52 Å². The molecule has 4 aliphatic carbocycles. The average Bonchev–Trinajstić information content (AvgIpc) is 3.15. The number of amides is 1. The van der Waals surface area contributed by atoms with Crippen molar-refractivity contribution in [3.8, 4) is 0 Å². The van der Waals surface area contributed by atoms with E-state index in [4.69, 9.17) is 17.3 Å². The standard InChI is InChI=1S/C24H27ClN6O/c25-21-20-22(30-23(26)29-21)27-13-31(20)6-5-19(32)28-18-3-1-17(2-4-18)24-10-14-7-15(11-24)9-16(8-14)12-24/h1-4,13-16H,5-12H2,(H,28,32)(H2,26,29,30). The van der Waals surface area contributed by atoms with Crippen LogP contribution in [0.3, 0.4) is 0 Å². The van der Waals surface area contributed by atoms with Gasteiger partial charge in [-0.25, -0.2) is 4.98 Å². The van der Waals surface area contributed by atoms with E-state index in [-0.39, 0.29) is 17.0 Å². The predicted molar refractivity (Wildman–Crippen MR) is 124 cm³/mol. The Morgan fingerprint density at radius 1 is 1.09 bits per heavy atom. The number of rotatable bonds is 5. The first-order valence-electron chi connectivity index (χ1n) is 11.5. The van der Waals surface area contributed by atoms with Gasteiger partial charge in [0.25, 0.3) is 0 Å². The smallest absolute Gasteiger partial charge is 0.226 e. The van der Waals surface area contributed by atoms with E-state index in [0.717, 1.165) is 23.4 Å². The summed E-state index contributed by atoms with van der Waals surface area (Å²) in [6.45, 7) is 0.431. The molecule has 0 aliphatic heterocycles. The Hall–Kier alpha value is -2.67. The van der Waals surface area contributed by atoms with Crippen molar-refractivity contribution in [1.82, 2.24) is 19.5 Å². The summed E-state index contributed by atoms with van der Waals surface area (Å²) in [7, 11) is 0. The van der Waals surface area contributed by atoms with Gasteiger partial charge in [0, 0.05) is 18.7 Å². The Kier molecular flexibility index (Phi) is 4.64. The van der Waals surface area contributed by atoms with Crippen molar-refractivity contribution in [2.24, 2.45) is 17.8 Å². The Labute approximate surface area is 191 Å². The van der Waals surface area contributed by atoms with Gasteiger partial charge in [0.15, 0.2) is 10.8 Å². The van der Waals surface area contributed by atoms with Crippen LogP contribution < -0.4 is 11.1 Å². The van der Waals surface area contributed by atoms with E-state index in [1.807, 2.05) is 0 Å². The maximum Gasteiger partial charge on any atom is 0.226 e. The quantitative estimate of drug-likeness (QED) is 0.555. The van der Waals surface area contributed by atoms with Gasteiger partial charge in [-0.05, 0) is 79.4 Å². The molecule has 7 nitrogen and oxygen atoms in total. The summed E-state index contributed by atoms with van der Waals surface area (Å²) >= 11 is 6.19. The summed E-state index contributed by atoms with van der Waals surface area (Å²) < 4.78 is 1.78. The maximum absolute atomic E-state index is 12.6. The largest absolute Gasteiger partial charge is 0.368 e. The number of imidazole rings is 1. The molecule has 32 heavy (non-hydrogen) atoms. The summed E-state index contributed by atoms with van der Waals surface area (Å²) in [4.78, 5) is 24.8. The van der Waals surface area contributed by atoms with Crippen LogP contribution in [-0.4, -0.2) is 25.4 Å². The summed E-state index contributed by atoms with van der Waals surface area (Å²) in [5.74, 6) is 2.81. The second-order valence-electron chi connectivity index (χ2n) is 10.1. The lowest BCUT2D eigenvalue weighted by Crippen LogP contribution is -2.48. The Bertz CT molecular complexity index is 1150. The molecule has 2 aromatic heterocycles. The van der Waals surface area contributed by atoms with Crippen molar-refractivity contribution in [2.45, 2.75) is 56.9 Å². The van der Waals surface area contributed by atoms with Crippen LogP contribution in [0.15, 0.2) is 30.6 Å². The molecule has 166 valence electrons. The molecule has 4 aliphatic rings. The molecule has 0 atom stereocenters. The number of carbonyl (C=O) groups is 1. The number of aryl methyl sites for hydroxylation is 1. The highest BCUT2D eigenvalue weighted by atomic mass is 35.5. The van der Waals surface area contributed by atoms with Crippen molar-refractivity contribution < 1.29 is 4.79 Å². The van der Waals surface area contributed by atoms with Gasteiger partial charge in [-0.15, -0.1) is 0 Å². The van der Waals surface area contributed by atoms with Crippen LogP contribution in [0.4, 0.5) is 11.6 Å². The van der Waals surface area contributed by atoms with Crippen molar-refractivity contribution >= 4 is 40.3 Å². The number of nitrogens with one attached hydrogen (secondary N) is 1. The fourth-order valence-corrected chi connectivity index (χ4v) is 7.22.